The summed E-state index contributed by atoms with van der Waals surface area (Å²) < 4.78 is 10.8. The number of hydrogen-bond donors (Lipinski definition) is 1. The normalized spacial score (nSPS) is 14.4. The molecule has 1 N–H and O–H groups in total. The highest BCUT2D eigenvalue weighted by Gasteiger charge is 2.33. The number of imide groups is 1. The Bertz CT molecular complexity index is 1160. The molecular formula is C26H28N2O8S3. The van der Waals surface area contributed by atoms with Crippen molar-refractivity contribution >= 4 is 70.5 Å². The molecule has 2 aliphatic heterocycles. The van der Waals surface area contributed by atoms with Crippen molar-refractivity contribution in [3.8, 4) is 0 Å². The molecule has 208 valence electrons. The van der Waals surface area contributed by atoms with Gasteiger partial charge >= 0.3 is 6.16 Å². The maximum absolute atomic E-state index is 12.0. The number of carbonyl (C=O) groups excluding carboxylic acids is 3. The molecule has 0 radical (unpaired) electrons. The zero-order valence-corrected chi connectivity index (χ0v) is 23.6. The lowest BCUT2D eigenvalue weighted by atomic mass is 9.91. The molecule has 4 rings (SSSR count). The maximum atomic E-state index is 12.0. The van der Waals surface area contributed by atoms with Crippen molar-refractivity contribution in [2.45, 2.75) is 25.7 Å². The van der Waals surface area contributed by atoms with E-state index in [0.717, 1.165) is 46.7 Å². The van der Waals surface area contributed by atoms with Crippen LogP contribution in [-0.4, -0.2) is 59.2 Å². The van der Waals surface area contributed by atoms with Gasteiger partial charge in [-0.15, -0.1) is 27.9 Å². The van der Waals surface area contributed by atoms with Crippen molar-refractivity contribution in [2.75, 3.05) is 35.8 Å². The maximum Gasteiger partial charge on any atom is 0.533 e. The molecule has 0 atom stereocenters. The lowest BCUT2D eigenvalue weighted by Gasteiger charge is -2.35. The highest BCUT2D eigenvalue weighted by atomic mass is 32.2. The van der Waals surface area contributed by atoms with E-state index in [9.17, 15) is 14.4 Å². The molecule has 0 aliphatic carbocycles. The monoisotopic (exact) mass is 592 g/mol. The number of para-hydroxylation sites is 2. The number of rotatable bonds is 13. The molecule has 0 saturated carbocycles. The van der Waals surface area contributed by atoms with Crippen LogP contribution in [0, 0.1) is 0 Å². The van der Waals surface area contributed by atoms with Crippen molar-refractivity contribution in [3.63, 3.8) is 0 Å². The van der Waals surface area contributed by atoms with Gasteiger partial charge in [-0.1, -0.05) is 46.5 Å². The van der Waals surface area contributed by atoms with Gasteiger partial charge in [0.05, 0.1) is 6.61 Å². The van der Waals surface area contributed by atoms with Gasteiger partial charge in [0.15, 0.2) is 0 Å². The number of fused-ring (bicyclic) bond motifs is 2. The summed E-state index contributed by atoms with van der Waals surface area (Å²) in [7, 11) is 0. The van der Waals surface area contributed by atoms with E-state index in [4.69, 9.17) is 14.8 Å². The second kappa shape index (κ2) is 14.6. The molecule has 2 amide bonds. The van der Waals surface area contributed by atoms with Crippen LogP contribution < -0.4 is 4.90 Å². The number of thioether (sulfide) groups is 2. The van der Waals surface area contributed by atoms with Gasteiger partial charge in [0.25, 0.3) is 11.8 Å². The zero-order chi connectivity index (χ0) is 27.6. The van der Waals surface area contributed by atoms with Crippen molar-refractivity contribution in [1.29, 1.82) is 0 Å². The van der Waals surface area contributed by atoms with E-state index in [2.05, 4.69) is 44.8 Å². The first kappa shape index (κ1) is 29.3. The molecule has 0 bridgehead atoms. The number of carbonyl (C=O) groups is 3. The molecule has 2 aromatic rings. The lowest BCUT2D eigenvalue weighted by Crippen LogP contribution is -2.32. The molecule has 39 heavy (non-hydrogen) atoms. The number of amides is 2. The van der Waals surface area contributed by atoms with Crippen LogP contribution in [0.3, 0.4) is 0 Å². The standard InChI is InChI=1S/C26H28N2O8S3/c1-37-25(38-16-7-17-39-36-35-32)24-18-8-2-4-10-20(18)27(21-11-5-3-9-19(21)24)14-6-15-33-26(31)34-28-22(29)12-13-23(28)30/h2-5,8-11,32H,6-7,12-17H2,1H3. The van der Waals surface area contributed by atoms with Crippen LogP contribution in [0.2, 0.25) is 0 Å². The summed E-state index contributed by atoms with van der Waals surface area (Å²) in [6.45, 7) is 0.635. The first-order valence-corrected chi connectivity index (χ1v) is 15.3. The Hall–Kier alpha value is -2.68. The Morgan fingerprint density at radius 2 is 1.59 bits per heavy atom. The average Bonchev–Trinajstić information content (AvgIpc) is 3.27. The highest BCUT2D eigenvalue weighted by molar-refractivity contribution is 8.22. The van der Waals surface area contributed by atoms with E-state index in [-0.39, 0.29) is 19.4 Å². The highest BCUT2D eigenvalue weighted by Crippen LogP contribution is 2.49. The molecule has 2 aromatic carbocycles. The third-order valence-corrected chi connectivity index (χ3v) is 8.92. The molecule has 1 fully saturated rings. The van der Waals surface area contributed by atoms with Crippen LogP contribution in [0.25, 0.3) is 5.57 Å². The Morgan fingerprint density at radius 3 is 2.21 bits per heavy atom. The Kier molecular flexibility index (Phi) is 11.0. The number of hydrogen-bond acceptors (Lipinski definition) is 12. The SMILES string of the molecule is CSC(SCCCSOOO)=C1c2ccccc2N(CCCOC(=O)ON2C(=O)CCC2=O)c2ccccc21. The first-order valence-electron chi connectivity index (χ1n) is 12.2. The number of anilines is 2. The molecule has 1 saturated heterocycles. The topological polar surface area (TPSA) is 115 Å². The Labute approximate surface area is 239 Å². The second-order valence-corrected chi connectivity index (χ2v) is 11.3. The molecular weight excluding hydrogens is 564 g/mol. The van der Waals surface area contributed by atoms with Crippen LogP contribution in [0.15, 0.2) is 52.8 Å². The predicted octanol–water partition coefficient (Wildman–Crippen LogP) is 6.02. The van der Waals surface area contributed by atoms with E-state index in [1.54, 1.807) is 23.5 Å². The summed E-state index contributed by atoms with van der Waals surface area (Å²) in [4.78, 5) is 42.3. The smallest absolute Gasteiger partial charge is 0.433 e. The molecule has 0 aromatic heterocycles. The van der Waals surface area contributed by atoms with E-state index < -0.39 is 18.0 Å². The number of hydroxylamine groups is 2. The minimum absolute atomic E-state index is 0.0289. The molecule has 13 heteroatoms. The quantitative estimate of drug-likeness (QED) is 0.0733. The van der Waals surface area contributed by atoms with Gasteiger partial charge in [0.1, 0.15) is 0 Å². The fraction of sp³-hybridized carbons (Fsp3) is 0.346. The fourth-order valence-corrected chi connectivity index (χ4v) is 6.82. The van der Waals surface area contributed by atoms with Gasteiger partial charge < -0.3 is 9.64 Å². The number of nitrogens with zero attached hydrogens (tertiary/aromatic N) is 2. The van der Waals surface area contributed by atoms with Gasteiger partial charge in [0.2, 0.25) is 0 Å². The summed E-state index contributed by atoms with van der Waals surface area (Å²) in [6.07, 6.45) is 2.43. The van der Waals surface area contributed by atoms with Gasteiger partial charge in [0, 0.05) is 69.5 Å². The Morgan fingerprint density at radius 1 is 0.949 bits per heavy atom. The molecule has 10 nitrogen and oxygen atoms in total. The van der Waals surface area contributed by atoms with E-state index in [1.165, 1.54) is 9.81 Å². The fourth-order valence-electron chi connectivity index (χ4n) is 4.28. The third kappa shape index (κ3) is 7.29. The summed E-state index contributed by atoms with van der Waals surface area (Å²) in [5.74, 6) is 0.465. The van der Waals surface area contributed by atoms with Crippen molar-refractivity contribution in [1.82, 2.24) is 5.06 Å². The molecule has 2 aliphatic rings. The van der Waals surface area contributed by atoms with Crippen LogP contribution in [0.1, 0.15) is 36.8 Å². The summed E-state index contributed by atoms with van der Waals surface area (Å²) in [5, 5.41) is 12.4. The minimum Gasteiger partial charge on any atom is -0.433 e. The van der Waals surface area contributed by atoms with Gasteiger partial charge in [-0.2, -0.15) is 0 Å². The summed E-state index contributed by atoms with van der Waals surface area (Å²) >= 11 is 4.55. The predicted molar refractivity (Wildman–Crippen MR) is 152 cm³/mol. The van der Waals surface area contributed by atoms with Crippen molar-refractivity contribution in [3.05, 3.63) is 63.9 Å². The molecule has 0 unspecified atom stereocenters. The van der Waals surface area contributed by atoms with Gasteiger partial charge in [-0.3, -0.25) is 14.4 Å². The lowest BCUT2D eigenvalue weighted by molar-refractivity contribution is -0.432. The van der Waals surface area contributed by atoms with E-state index in [1.807, 2.05) is 24.3 Å². The van der Waals surface area contributed by atoms with Crippen LogP contribution in [0.4, 0.5) is 16.2 Å². The second-order valence-electron chi connectivity index (χ2n) is 8.34. The van der Waals surface area contributed by atoms with E-state index in [0.29, 0.717) is 23.8 Å². The number of ether oxygens (including phenoxy) is 1. The minimum atomic E-state index is -1.07. The van der Waals surface area contributed by atoms with Crippen molar-refractivity contribution in [2.24, 2.45) is 0 Å². The van der Waals surface area contributed by atoms with Crippen molar-refractivity contribution < 1.29 is 38.6 Å². The van der Waals surface area contributed by atoms with Crippen LogP contribution >= 0.6 is 35.6 Å². The van der Waals surface area contributed by atoms with Gasteiger partial charge in [-0.05, 0) is 37.0 Å². The summed E-state index contributed by atoms with van der Waals surface area (Å²) in [5.41, 5.74) is 5.52. The largest absolute Gasteiger partial charge is 0.533 e. The van der Waals surface area contributed by atoms with Crippen LogP contribution in [0.5, 0.6) is 0 Å². The summed E-state index contributed by atoms with van der Waals surface area (Å²) in [6, 6.07) is 16.4. The van der Waals surface area contributed by atoms with Crippen LogP contribution in [-0.2, 0) is 28.5 Å². The number of benzene rings is 2. The third-order valence-electron chi connectivity index (χ3n) is 5.92. The van der Waals surface area contributed by atoms with Gasteiger partial charge in [-0.25, -0.2) is 10.1 Å². The molecule has 0 spiro atoms. The molecule has 2 heterocycles. The average molecular weight is 593 g/mol. The Balaban J connectivity index is 1.45. The first-order chi connectivity index (χ1) is 19.0. The zero-order valence-electron chi connectivity index (χ0n) is 21.2. The van der Waals surface area contributed by atoms with E-state index >= 15 is 0 Å².